The summed E-state index contributed by atoms with van der Waals surface area (Å²) in [4.78, 5) is 22.3. The van der Waals surface area contributed by atoms with Crippen LogP contribution in [0.15, 0.2) is 58.2 Å². The minimum atomic E-state index is -0.507. The van der Waals surface area contributed by atoms with Crippen molar-refractivity contribution in [3.63, 3.8) is 0 Å². The van der Waals surface area contributed by atoms with Gasteiger partial charge in [0.05, 0.1) is 22.6 Å². The molecule has 0 bridgehead atoms. The number of hydrogen-bond acceptors (Lipinski definition) is 5. The molecule has 0 spiro atoms. The van der Waals surface area contributed by atoms with Gasteiger partial charge in [-0.05, 0) is 30.3 Å². The van der Waals surface area contributed by atoms with E-state index in [9.17, 15) is 14.9 Å². The van der Waals surface area contributed by atoms with Gasteiger partial charge < -0.3 is 8.98 Å². The van der Waals surface area contributed by atoms with Gasteiger partial charge in [0.25, 0.3) is 5.69 Å². The van der Waals surface area contributed by atoms with Gasteiger partial charge in [-0.2, -0.15) is 5.10 Å². The van der Waals surface area contributed by atoms with E-state index >= 15 is 0 Å². The van der Waals surface area contributed by atoms with Gasteiger partial charge in [0.15, 0.2) is 0 Å². The summed E-state index contributed by atoms with van der Waals surface area (Å²) in [6, 6.07) is 11.0. The molecule has 1 aromatic carbocycles. The zero-order chi connectivity index (χ0) is 19.4. The number of benzene rings is 1. The Bertz CT molecular complexity index is 1020. The molecule has 2 heterocycles. The largest absolute Gasteiger partial charge is 0.455 e. The van der Waals surface area contributed by atoms with Gasteiger partial charge in [-0.3, -0.25) is 14.9 Å². The number of furan rings is 1. The highest BCUT2D eigenvalue weighted by molar-refractivity contribution is 6.33. The smallest absolute Gasteiger partial charge is 0.270 e. The first-order chi connectivity index (χ1) is 12.9. The number of aromatic nitrogens is 1. The van der Waals surface area contributed by atoms with Crippen LogP contribution in [0.1, 0.15) is 11.5 Å². The summed E-state index contributed by atoms with van der Waals surface area (Å²) in [6.45, 7) is 0. The molecule has 27 heavy (non-hydrogen) atoms. The molecule has 0 aliphatic heterocycles. The minimum absolute atomic E-state index is 0.0889. The van der Waals surface area contributed by atoms with E-state index in [2.05, 4.69) is 10.5 Å². The van der Waals surface area contributed by atoms with Crippen LogP contribution in [0.2, 0.25) is 5.02 Å². The molecule has 3 rings (SSSR count). The second-order valence-electron chi connectivity index (χ2n) is 5.70. The van der Waals surface area contributed by atoms with Crippen LogP contribution in [0, 0.1) is 10.1 Å². The molecule has 1 N–H and O–H groups in total. The number of carbonyl (C=O) groups excluding carboxylic acids is 1. The van der Waals surface area contributed by atoms with Crippen LogP contribution in [0.3, 0.4) is 0 Å². The lowest BCUT2D eigenvalue weighted by Crippen LogP contribution is -2.20. The van der Waals surface area contributed by atoms with Gasteiger partial charge in [0, 0.05) is 36.6 Å². The molecule has 0 atom stereocenters. The lowest BCUT2D eigenvalue weighted by atomic mass is 10.1. The summed E-state index contributed by atoms with van der Waals surface area (Å²) in [5, 5.41) is 15.1. The highest BCUT2D eigenvalue weighted by Gasteiger charge is 2.14. The van der Waals surface area contributed by atoms with E-state index in [1.807, 2.05) is 29.9 Å². The number of nitro benzene ring substituents is 1. The Hall–Kier alpha value is -3.39. The van der Waals surface area contributed by atoms with Crippen molar-refractivity contribution in [3.05, 3.63) is 75.3 Å². The van der Waals surface area contributed by atoms with Crippen LogP contribution in [-0.2, 0) is 18.3 Å². The molecule has 0 unspecified atom stereocenters. The van der Waals surface area contributed by atoms with Gasteiger partial charge in [0.2, 0.25) is 5.91 Å². The van der Waals surface area contributed by atoms with Crippen LogP contribution in [0.5, 0.6) is 0 Å². The molecule has 9 heteroatoms. The fraction of sp³-hybridized carbons (Fsp3) is 0.111. The molecule has 3 aromatic rings. The average Bonchev–Trinajstić information content (AvgIpc) is 3.25. The number of hydrazone groups is 1. The van der Waals surface area contributed by atoms with Crippen molar-refractivity contribution >= 4 is 29.4 Å². The molecule has 138 valence electrons. The Morgan fingerprint density at radius 1 is 1.37 bits per heavy atom. The van der Waals surface area contributed by atoms with Crippen molar-refractivity contribution in [1.82, 2.24) is 9.99 Å². The van der Waals surface area contributed by atoms with Crippen LogP contribution < -0.4 is 5.43 Å². The first kappa shape index (κ1) is 18.4. The maximum Gasteiger partial charge on any atom is 0.270 e. The Labute approximate surface area is 159 Å². The predicted octanol–water partition coefficient (Wildman–Crippen LogP) is 3.54. The number of halogens is 1. The highest BCUT2D eigenvalue weighted by atomic mass is 35.5. The summed E-state index contributed by atoms with van der Waals surface area (Å²) in [5.74, 6) is 0.466. The van der Waals surface area contributed by atoms with Gasteiger partial charge in [-0.25, -0.2) is 5.43 Å². The number of rotatable bonds is 6. The Morgan fingerprint density at radius 3 is 2.89 bits per heavy atom. The lowest BCUT2D eigenvalue weighted by molar-refractivity contribution is -0.384. The number of aryl methyl sites for hydroxylation is 1. The van der Waals surface area contributed by atoms with Crippen molar-refractivity contribution in [2.45, 2.75) is 6.42 Å². The maximum atomic E-state index is 11.9. The molecule has 2 aromatic heterocycles. The Morgan fingerprint density at radius 2 is 2.19 bits per heavy atom. The zero-order valence-corrected chi connectivity index (χ0v) is 15.0. The average molecular weight is 387 g/mol. The third-order valence-electron chi connectivity index (χ3n) is 3.83. The fourth-order valence-electron chi connectivity index (χ4n) is 2.43. The summed E-state index contributed by atoms with van der Waals surface area (Å²) in [6.07, 6.45) is 3.40. The maximum absolute atomic E-state index is 11.9. The molecule has 0 aliphatic carbocycles. The monoisotopic (exact) mass is 386 g/mol. The molecule has 8 nitrogen and oxygen atoms in total. The molecule has 0 radical (unpaired) electrons. The predicted molar refractivity (Wildman–Crippen MR) is 101 cm³/mol. The Kier molecular flexibility index (Phi) is 5.37. The second-order valence-corrected chi connectivity index (χ2v) is 6.11. The van der Waals surface area contributed by atoms with E-state index in [1.54, 1.807) is 12.1 Å². The number of nitrogens with one attached hydrogen (secondary N) is 1. The van der Waals surface area contributed by atoms with Crippen molar-refractivity contribution < 1.29 is 14.1 Å². The van der Waals surface area contributed by atoms with Gasteiger partial charge >= 0.3 is 0 Å². The van der Waals surface area contributed by atoms with Crippen LogP contribution >= 0.6 is 11.6 Å². The summed E-state index contributed by atoms with van der Waals surface area (Å²) in [7, 11) is 1.86. The fourth-order valence-corrected chi connectivity index (χ4v) is 2.65. The van der Waals surface area contributed by atoms with Crippen molar-refractivity contribution in [1.29, 1.82) is 0 Å². The van der Waals surface area contributed by atoms with Crippen LogP contribution in [0.4, 0.5) is 5.69 Å². The SMILES string of the molecule is Cn1cccc1CC(=O)N/N=C\c1ccc(-c2cc([N+](=O)[O-])ccc2Cl)o1. The summed E-state index contributed by atoms with van der Waals surface area (Å²) < 4.78 is 7.43. The van der Waals surface area contributed by atoms with Crippen LogP contribution in [-0.4, -0.2) is 21.6 Å². The number of nitro groups is 1. The lowest BCUT2D eigenvalue weighted by Gasteiger charge is -2.01. The molecule has 0 aliphatic rings. The van der Waals surface area contributed by atoms with E-state index in [0.29, 0.717) is 22.1 Å². The first-order valence-corrected chi connectivity index (χ1v) is 8.28. The van der Waals surface area contributed by atoms with Crippen LogP contribution in [0.25, 0.3) is 11.3 Å². The van der Waals surface area contributed by atoms with Gasteiger partial charge in [-0.15, -0.1) is 0 Å². The first-order valence-electron chi connectivity index (χ1n) is 7.90. The number of amides is 1. The molecule has 1 amide bonds. The zero-order valence-electron chi connectivity index (χ0n) is 14.3. The molecular formula is C18H15ClN4O4. The molecule has 0 saturated heterocycles. The summed E-state index contributed by atoms with van der Waals surface area (Å²) in [5.41, 5.74) is 3.60. The highest BCUT2D eigenvalue weighted by Crippen LogP contribution is 2.32. The number of nitrogens with zero attached hydrogens (tertiary/aromatic N) is 3. The molecule has 0 saturated carbocycles. The van der Waals surface area contributed by atoms with E-state index in [1.165, 1.54) is 24.4 Å². The third kappa shape index (κ3) is 4.42. The number of carbonyl (C=O) groups is 1. The minimum Gasteiger partial charge on any atom is -0.455 e. The number of non-ortho nitro benzene ring substituents is 1. The molecule has 0 fully saturated rings. The Balaban J connectivity index is 1.67. The van der Waals surface area contributed by atoms with Gasteiger partial charge in [-0.1, -0.05) is 11.6 Å². The van der Waals surface area contributed by atoms with Crippen molar-refractivity contribution in [2.75, 3.05) is 0 Å². The van der Waals surface area contributed by atoms with E-state index in [-0.39, 0.29) is 18.0 Å². The van der Waals surface area contributed by atoms with E-state index in [4.69, 9.17) is 16.0 Å². The quantitative estimate of drug-likeness (QED) is 0.397. The molecular weight excluding hydrogens is 372 g/mol. The van der Waals surface area contributed by atoms with Gasteiger partial charge in [0.1, 0.15) is 11.5 Å². The van der Waals surface area contributed by atoms with E-state index in [0.717, 1.165) is 5.69 Å². The van der Waals surface area contributed by atoms with Crippen molar-refractivity contribution in [3.8, 4) is 11.3 Å². The van der Waals surface area contributed by atoms with Crippen molar-refractivity contribution in [2.24, 2.45) is 12.1 Å². The number of hydrogen-bond donors (Lipinski definition) is 1. The normalized spacial score (nSPS) is 11.0. The third-order valence-corrected chi connectivity index (χ3v) is 4.16. The van der Waals surface area contributed by atoms with E-state index < -0.39 is 4.92 Å². The summed E-state index contributed by atoms with van der Waals surface area (Å²) >= 11 is 6.10. The topological polar surface area (TPSA) is 103 Å². The second kappa shape index (κ2) is 7.88. The standard InChI is InChI=1S/C18H15ClN4O4/c1-22-8-2-3-12(22)10-18(24)21-20-11-14-5-7-17(27-14)15-9-13(23(25)26)4-6-16(15)19/h2-9,11H,10H2,1H3,(H,21,24)/b20-11-.